The van der Waals surface area contributed by atoms with E-state index in [1.54, 1.807) is 0 Å². The second-order valence-electron chi connectivity index (χ2n) is 25.4. The Morgan fingerprint density at radius 2 is 0.523 bits per heavy atom. The van der Waals surface area contributed by atoms with Crippen LogP contribution in [0.15, 0.2) is 0 Å². The summed E-state index contributed by atoms with van der Waals surface area (Å²) in [7, 11) is -9.89. The summed E-state index contributed by atoms with van der Waals surface area (Å²) in [5.41, 5.74) is 0. The van der Waals surface area contributed by atoms with E-state index in [2.05, 4.69) is 34.6 Å². The van der Waals surface area contributed by atoms with Crippen LogP contribution in [0.1, 0.15) is 356 Å². The minimum Gasteiger partial charge on any atom is -0.462 e. The van der Waals surface area contributed by atoms with Crippen molar-refractivity contribution in [2.24, 2.45) is 5.92 Å². The Morgan fingerprint density at radius 1 is 0.307 bits per heavy atom. The molecule has 0 heterocycles. The highest BCUT2D eigenvalue weighted by molar-refractivity contribution is 7.47. The van der Waals surface area contributed by atoms with Crippen molar-refractivity contribution in [3.63, 3.8) is 0 Å². The van der Waals surface area contributed by atoms with E-state index in [1.807, 2.05) is 0 Å². The standard InChI is InChI=1S/C69H134O17P2/c1-6-9-12-15-18-21-23-24-25-26-30-35-40-45-50-55-69(74)86-65(59-80-67(72)53-48-43-38-33-31-27-29-32-36-41-46-51-62(4)5)61-84-88(77,78)82-57-63(70)56-81-87(75,76)83-60-64(58-79-66(71)52-47-42-37-20-17-14-11-8-3)85-68(73)54-49-44-39-34-28-22-19-16-13-10-7-2/h62-65,70H,6-61H2,1-5H3,(H,75,76)(H,77,78)/t63-,64+,65+/m0/s1. The first kappa shape index (κ1) is 86.1. The molecule has 2 unspecified atom stereocenters. The molecule has 3 N–H and O–H groups in total. The van der Waals surface area contributed by atoms with Crippen LogP contribution >= 0.6 is 15.6 Å². The van der Waals surface area contributed by atoms with Gasteiger partial charge in [-0.3, -0.25) is 37.3 Å². The van der Waals surface area contributed by atoms with E-state index < -0.39 is 97.5 Å². The van der Waals surface area contributed by atoms with Gasteiger partial charge in [-0.25, -0.2) is 9.13 Å². The molecule has 5 atom stereocenters. The number of hydrogen-bond acceptors (Lipinski definition) is 15. The van der Waals surface area contributed by atoms with Gasteiger partial charge in [0.2, 0.25) is 0 Å². The lowest BCUT2D eigenvalue weighted by atomic mass is 10.0. The van der Waals surface area contributed by atoms with Gasteiger partial charge < -0.3 is 33.8 Å². The first-order chi connectivity index (χ1) is 42.5. The number of esters is 4. The van der Waals surface area contributed by atoms with Gasteiger partial charge in [0.1, 0.15) is 19.3 Å². The third kappa shape index (κ3) is 62.8. The number of aliphatic hydroxyl groups excluding tert-OH is 1. The van der Waals surface area contributed by atoms with Gasteiger partial charge in [-0.15, -0.1) is 0 Å². The SMILES string of the molecule is CCCCCCCCCCCCCCCCCC(=O)O[C@H](COC(=O)CCCCCCCCCCCCCC(C)C)COP(=O)(O)OC[C@@H](O)COP(=O)(O)OC[C@@H](COC(=O)CCCCCCCCCC)OC(=O)CCCCCCCCCCCCC. The van der Waals surface area contributed by atoms with Gasteiger partial charge in [-0.2, -0.15) is 0 Å². The summed E-state index contributed by atoms with van der Waals surface area (Å²) in [5, 5.41) is 10.6. The van der Waals surface area contributed by atoms with Crippen molar-refractivity contribution in [2.75, 3.05) is 39.6 Å². The van der Waals surface area contributed by atoms with Crippen LogP contribution in [0.25, 0.3) is 0 Å². The maximum atomic E-state index is 13.0. The van der Waals surface area contributed by atoms with Gasteiger partial charge in [0.05, 0.1) is 26.4 Å². The Morgan fingerprint density at radius 3 is 0.773 bits per heavy atom. The van der Waals surface area contributed by atoms with Gasteiger partial charge in [0.15, 0.2) is 12.2 Å². The molecule has 0 aliphatic carbocycles. The summed E-state index contributed by atoms with van der Waals surface area (Å²) in [4.78, 5) is 72.4. The fraction of sp³-hybridized carbons (Fsp3) is 0.942. The molecular formula is C69H134O17P2. The van der Waals surface area contributed by atoms with E-state index in [-0.39, 0.29) is 25.7 Å². The number of ether oxygens (including phenoxy) is 4. The molecule has 0 aliphatic rings. The molecule has 88 heavy (non-hydrogen) atoms. The number of phosphoric ester groups is 2. The lowest BCUT2D eigenvalue weighted by molar-refractivity contribution is -0.161. The van der Waals surface area contributed by atoms with Crippen molar-refractivity contribution >= 4 is 39.5 Å². The maximum absolute atomic E-state index is 13.0. The van der Waals surface area contributed by atoms with Crippen molar-refractivity contribution < 1.29 is 80.2 Å². The van der Waals surface area contributed by atoms with Gasteiger partial charge in [-0.05, 0) is 31.6 Å². The third-order valence-corrected chi connectivity index (χ3v) is 17.9. The molecule has 0 aromatic heterocycles. The quantitative estimate of drug-likeness (QED) is 0.0222. The number of carbonyl (C=O) groups is 4. The molecule has 522 valence electrons. The van der Waals surface area contributed by atoms with Gasteiger partial charge in [0.25, 0.3) is 0 Å². The Bertz CT molecular complexity index is 1700. The Hall–Kier alpha value is -1.94. The van der Waals surface area contributed by atoms with Crippen LogP contribution in [0.2, 0.25) is 0 Å². The first-order valence-corrected chi connectivity index (χ1v) is 39.1. The van der Waals surface area contributed by atoms with Gasteiger partial charge >= 0.3 is 39.5 Å². The van der Waals surface area contributed by atoms with E-state index in [9.17, 15) is 43.2 Å². The van der Waals surface area contributed by atoms with Crippen LogP contribution < -0.4 is 0 Å². The normalized spacial score (nSPS) is 14.1. The summed E-state index contributed by atoms with van der Waals surface area (Å²) >= 11 is 0. The molecule has 19 heteroatoms. The van der Waals surface area contributed by atoms with Crippen molar-refractivity contribution in [3.05, 3.63) is 0 Å². The van der Waals surface area contributed by atoms with E-state index in [1.165, 1.54) is 173 Å². The van der Waals surface area contributed by atoms with Gasteiger partial charge in [-0.1, -0.05) is 304 Å². The fourth-order valence-corrected chi connectivity index (χ4v) is 12.0. The van der Waals surface area contributed by atoms with Crippen molar-refractivity contribution in [2.45, 2.75) is 374 Å². The topological polar surface area (TPSA) is 237 Å². The van der Waals surface area contributed by atoms with Crippen LogP contribution in [0.4, 0.5) is 0 Å². The second kappa shape index (κ2) is 62.5. The highest BCUT2D eigenvalue weighted by Gasteiger charge is 2.30. The number of hydrogen-bond donors (Lipinski definition) is 3. The largest absolute Gasteiger partial charge is 0.472 e. The van der Waals surface area contributed by atoms with Crippen molar-refractivity contribution in [1.82, 2.24) is 0 Å². The average molecular weight is 1300 g/mol. The molecule has 0 saturated carbocycles. The maximum Gasteiger partial charge on any atom is 0.472 e. The summed E-state index contributed by atoms with van der Waals surface area (Å²) in [5.74, 6) is -1.35. The Balaban J connectivity index is 5.22. The molecule has 0 aliphatic heterocycles. The smallest absolute Gasteiger partial charge is 0.462 e. The molecule has 0 amide bonds. The fourth-order valence-electron chi connectivity index (χ4n) is 10.5. The number of aliphatic hydroxyl groups is 1. The molecule has 0 radical (unpaired) electrons. The van der Waals surface area contributed by atoms with Crippen molar-refractivity contribution in [3.8, 4) is 0 Å². The minimum absolute atomic E-state index is 0.107. The summed E-state index contributed by atoms with van der Waals surface area (Å²) in [6.07, 6.45) is 48.5. The number of phosphoric acid groups is 2. The van der Waals surface area contributed by atoms with Crippen molar-refractivity contribution in [1.29, 1.82) is 0 Å². The van der Waals surface area contributed by atoms with Crippen LogP contribution in [0.5, 0.6) is 0 Å². The molecule has 0 aromatic carbocycles. The summed E-state index contributed by atoms with van der Waals surface area (Å²) < 4.78 is 68.2. The molecular weight excluding hydrogens is 1160 g/mol. The predicted molar refractivity (Wildman–Crippen MR) is 354 cm³/mol. The zero-order valence-electron chi connectivity index (χ0n) is 56.9. The van der Waals surface area contributed by atoms with E-state index >= 15 is 0 Å². The highest BCUT2D eigenvalue weighted by Crippen LogP contribution is 2.45. The van der Waals surface area contributed by atoms with Crippen LogP contribution in [-0.4, -0.2) is 96.7 Å². The predicted octanol–water partition coefficient (Wildman–Crippen LogP) is 19.7. The lowest BCUT2D eigenvalue weighted by Crippen LogP contribution is -2.30. The van der Waals surface area contributed by atoms with E-state index in [0.717, 1.165) is 102 Å². The molecule has 0 rings (SSSR count). The summed E-state index contributed by atoms with van der Waals surface area (Å²) in [6, 6.07) is 0. The van der Waals surface area contributed by atoms with E-state index in [0.29, 0.717) is 25.7 Å². The lowest BCUT2D eigenvalue weighted by Gasteiger charge is -2.21. The highest BCUT2D eigenvalue weighted by atomic mass is 31.2. The number of unbranched alkanes of at least 4 members (excludes halogenated alkanes) is 41. The summed E-state index contributed by atoms with van der Waals surface area (Å²) in [6.45, 7) is 7.22. The van der Waals surface area contributed by atoms with E-state index in [4.69, 9.17) is 37.0 Å². The number of carbonyl (C=O) groups excluding carboxylic acids is 4. The molecule has 0 spiro atoms. The van der Waals surface area contributed by atoms with Gasteiger partial charge in [0, 0.05) is 25.7 Å². The monoisotopic (exact) mass is 1300 g/mol. The molecule has 0 saturated heterocycles. The Kier molecular flexibility index (Phi) is 61.1. The zero-order valence-corrected chi connectivity index (χ0v) is 58.6. The number of rotatable bonds is 69. The molecule has 17 nitrogen and oxygen atoms in total. The molecule has 0 aromatic rings. The van der Waals surface area contributed by atoms with Crippen LogP contribution in [-0.2, 0) is 65.4 Å². The van der Waals surface area contributed by atoms with Crippen LogP contribution in [0, 0.1) is 5.92 Å². The molecule has 0 fully saturated rings. The van der Waals surface area contributed by atoms with Crippen LogP contribution in [0.3, 0.4) is 0 Å². The zero-order chi connectivity index (χ0) is 64.9. The third-order valence-electron chi connectivity index (χ3n) is 16.0. The Labute approximate surface area is 537 Å². The first-order valence-electron chi connectivity index (χ1n) is 36.1. The molecule has 0 bridgehead atoms. The average Bonchev–Trinajstić information content (AvgIpc) is 3.62. The minimum atomic E-state index is -4.95. The second-order valence-corrected chi connectivity index (χ2v) is 28.3.